The number of rotatable bonds is 7. The number of hydrogen-bond acceptors (Lipinski definition) is 7. The number of pyridine rings is 1. The molecule has 0 saturated carbocycles. The quantitative estimate of drug-likeness (QED) is 0.368. The van der Waals surface area contributed by atoms with Crippen LogP contribution >= 0.6 is 15.9 Å². The molecule has 0 bridgehead atoms. The van der Waals surface area contributed by atoms with Crippen molar-refractivity contribution in [1.82, 2.24) is 15.2 Å². The normalized spacial score (nSPS) is 17.0. The SMILES string of the molecule is COC(=O)NC(C(=O)N1CCCC1C(=O)OCC(=O)c1ccc(Br)nc1)C(C)C. The highest BCUT2D eigenvalue weighted by Crippen LogP contribution is 2.21. The van der Waals surface area contributed by atoms with E-state index in [2.05, 4.69) is 31.0 Å². The standard InChI is InChI=1S/C19H24BrN3O6/c1-11(2)16(22-19(27)28-3)17(25)23-8-4-5-13(23)18(26)29-10-14(24)12-6-7-15(20)21-9-12/h6-7,9,11,13,16H,4-5,8,10H2,1-3H3,(H,22,27). The van der Waals surface area contributed by atoms with Crippen LogP contribution in [0.4, 0.5) is 4.79 Å². The first-order chi connectivity index (χ1) is 13.7. The number of amides is 2. The molecule has 1 fully saturated rings. The van der Waals surface area contributed by atoms with Crippen LogP contribution in [0.2, 0.25) is 0 Å². The Morgan fingerprint density at radius 2 is 2.03 bits per heavy atom. The Labute approximate surface area is 177 Å². The van der Waals surface area contributed by atoms with Gasteiger partial charge in [0.1, 0.15) is 16.7 Å². The van der Waals surface area contributed by atoms with Crippen LogP contribution in [0, 0.1) is 5.92 Å². The first kappa shape index (κ1) is 22.8. The maximum Gasteiger partial charge on any atom is 0.407 e. The molecule has 2 heterocycles. The van der Waals surface area contributed by atoms with Gasteiger partial charge in [-0.1, -0.05) is 13.8 Å². The van der Waals surface area contributed by atoms with Gasteiger partial charge in [0, 0.05) is 18.3 Å². The number of aromatic nitrogens is 1. The molecule has 29 heavy (non-hydrogen) atoms. The van der Waals surface area contributed by atoms with Crippen molar-refractivity contribution < 1.29 is 28.7 Å². The average Bonchev–Trinajstić information content (AvgIpc) is 3.19. The van der Waals surface area contributed by atoms with Crippen molar-refractivity contribution in [2.45, 2.75) is 38.8 Å². The van der Waals surface area contributed by atoms with Crippen molar-refractivity contribution in [2.24, 2.45) is 5.92 Å². The smallest absolute Gasteiger partial charge is 0.407 e. The summed E-state index contributed by atoms with van der Waals surface area (Å²) in [7, 11) is 1.21. The zero-order valence-corrected chi connectivity index (χ0v) is 18.1. The van der Waals surface area contributed by atoms with Gasteiger partial charge in [-0.15, -0.1) is 0 Å². The first-order valence-electron chi connectivity index (χ1n) is 9.21. The fourth-order valence-corrected chi connectivity index (χ4v) is 3.25. The lowest BCUT2D eigenvalue weighted by Gasteiger charge is -2.29. The van der Waals surface area contributed by atoms with Crippen molar-refractivity contribution in [2.75, 3.05) is 20.3 Å². The van der Waals surface area contributed by atoms with E-state index in [9.17, 15) is 19.2 Å². The number of carbonyl (C=O) groups is 4. The molecule has 2 atom stereocenters. The number of alkyl carbamates (subject to hydrolysis) is 1. The zero-order chi connectivity index (χ0) is 21.6. The third-order valence-corrected chi connectivity index (χ3v) is 5.06. The molecule has 1 aliphatic rings. The summed E-state index contributed by atoms with van der Waals surface area (Å²) in [5.41, 5.74) is 0.322. The van der Waals surface area contributed by atoms with E-state index in [4.69, 9.17) is 4.74 Å². The van der Waals surface area contributed by atoms with Gasteiger partial charge in [0.05, 0.1) is 7.11 Å². The van der Waals surface area contributed by atoms with E-state index in [0.29, 0.717) is 29.6 Å². The Balaban J connectivity index is 2.00. The van der Waals surface area contributed by atoms with E-state index in [1.807, 2.05) is 0 Å². The van der Waals surface area contributed by atoms with E-state index in [1.54, 1.807) is 26.0 Å². The Morgan fingerprint density at radius 1 is 1.31 bits per heavy atom. The summed E-state index contributed by atoms with van der Waals surface area (Å²) >= 11 is 3.18. The van der Waals surface area contributed by atoms with E-state index >= 15 is 0 Å². The molecular formula is C19H24BrN3O6. The maximum atomic E-state index is 12.9. The first-order valence-corrected chi connectivity index (χ1v) is 10.00. The summed E-state index contributed by atoms with van der Waals surface area (Å²) in [6.45, 7) is 3.50. The molecule has 1 aromatic rings. The lowest BCUT2D eigenvalue weighted by Crippen LogP contribution is -2.54. The molecule has 10 heteroatoms. The van der Waals surface area contributed by atoms with Crippen LogP contribution in [0.25, 0.3) is 0 Å². The summed E-state index contributed by atoms with van der Waals surface area (Å²) in [5.74, 6) is -1.62. The molecule has 158 valence electrons. The lowest BCUT2D eigenvalue weighted by molar-refractivity contribution is -0.153. The number of hydrogen-bond donors (Lipinski definition) is 1. The monoisotopic (exact) mass is 469 g/mol. The summed E-state index contributed by atoms with van der Waals surface area (Å²) < 4.78 is 10.3. The number of halogens is 1. The number of methoxy groups -OCH3 is 1. The van der Waals surface area contributed by atoms with Gasteiger partial charge in [0.2, 0.25) is 11.7 Å². The molecule has 1 aromatic heterocycles. The van der Waals surface area contributed by atoms with Crippen LogP contribution in [-0.2, 0) is 19.1 Å². The second-order valence-corrected chi connectivity index (χ2v) is 7.76. The van der Waals surface area contributed by atoms with Crippen LogP contribution in [0.3, 0.4) is 0 Å². The minimum Gasteiger partial charge on any atom is -0.456 e. The Morgan fingerprint density at radius 3 is 2.62 bits per heavy atom. The van der Waals surface area contributed by atoms with Crippen molar-refractivity contribution in [1.29, 1.82) is 0 Å². The van der Waals surface area contributed by atoms with E-state index in [-0.39, 0.29) is 17.6 Å². The Hall–Kier alpha value is -2.49. The molecule has 0 aromatic carbocycles. The second kappa shape index (κ2) is 10.3. The third kappa shape index (κ3) is 5.99. The second-order valence-electron chi connectivity index (χ2n) is 6.95. The molecule has 1 N–H and O–H groups in total. The number of ether oxygens (including phenoxy) is 2. The van der Waals surface area contributed by atoms with Crippen LogP contribution < -0.4 is 5.32 Å². The van der Waals surface area contributed by atoms with Gasteiger partial charge in [-0.2, -0.15) is 0 Å². The summed E-state index contributed by atoms with van der Waals surface area (Å²) in [5, 5.41) is 2.51. The average molecular weight is 470 g/mol. The molecule has 1 saturated heterocycles. The molecule has 0 radical (unpaired) electrons. The highest BCUT2D eigenvalue weighted by Gasteiger charge is 2.39. The summed E-state index contributed by atoms with van der Waals surface area (Å²) in [4.78, 5) is 54.5. The molecule has 2 unspecified atom stereocenters. The van der Waals surface area contributed by atoms with Crippen molar-refractivity contribution in [3.63, 3.8) is 0 Å². The summed E-state index contributed by atoms with van der Waals surface area (Å²) in [6, 6.07) is 1.57. The largest absolute Gasteiger partial charge is 0.456 e. The predicted octanol–water partition coefficient (Wildman–Crippen LogP) is 1.94. The molecule has 2 rings (SSSR count). The number of Topliss-reactive ketones (excluding diaryl/α,β-unsaturated/α-hetero) is 1. The molecule has 9 nitrogen and oxygen atoms in total. The van der Waals surface area contributed by atoms with Crippen molar-refractivity contribution in [3.05, 3.63) is 28.5 Å². The van der Waals surface area contributed by atoms with Gasteiger partial charge >= 0.3 is 12.1 Å². The van der Waals surface area contributed by atoms with Crippen molar-refractivity contribution in [3.8, 4) is 0 Å². The van der Waals surface area contributed by atoms with Crippen LogP contribution in [0.1, 0.15) is 37.0 Å². The number of esters is 1. The van der Waals surface area contributed by atoms with Gasteiger partial charge in [-0.25, -0.2) is 14.6 Å². The fraction of sp³-hybridized carbons (Fsp3) is 0.526. The zero-order valence-electron chi connectivity index (χ0n) is 16.5. The van der Waals surface area contributed by atoms with Gasteiger partial charge < -0.3 is 19.7 Å². The molecule has 1 aliphatic heterocycles. The Bertz CT molecular complexity index is 768. The highest BCUT2D eigenvalue weighted by atomic mass is 79.9. The Kier molecular flexibility index (Phi) is 8.12. The number of nitrogens with zero attached hydrogens (tertiary/aromatic N) is 2. The van der Waals surface area contributed by atoms with E-state index < -0.39 is 30.8 Å². The van der Waals surface area contributed by atoms with Gasteiger partial charge in [0.15, 0.2) is 6.61 Å². The number of carbonyl (C=O) groups excluding carboxylic acids is 4. The minimum atomic E-state index is -0.827. The van der Waals surface area contributed by atoms with Crippen LogP contribution in [-0.4, -0.2) is 66.0 Å². The highest BCUT2D eigenvalue weighted by molar-refractivity contribution is 9.10. The topological polar surface area (TPSA) is 115 Å². The van der Waals surface area contributed by atoms with Crippen molar-refractivity contribution >= 4 is 39.7 Å². The fourth-order valence-electron chi connectivity index (χ4n) is 3.01. The van der Waals surface area contributed by atoms with E-state index in [1.165, 1.54) is 18.2 Å². The predicted molar refractivity (Wildman–Crippen MR) is 106 cm³/mol. The van der Waals surface area contributed by atoms with Crippen LogP contribution in [0.5, 0.6) is 0 Å². The van der Waals surface area contributed by atoms with Gasteiger partial charge in [-0.3, -0.25) is 9.59 Å². The maximum absolute atomic E-state index is 12.9. The third-order valence-electron chi connectivity index (χ3n) is 4.59. The van der Waals surface area contributed by atoms with Crippen LogP contribution in [0.15, 0.2) is 22.9 Å². The minimum absolute atomic E-state index is 0.203. The molecule has 0 spiro atoms. The molecule has 2 amide bonds. The number of nitrogens with one attached hydrogen (secondary N) is 1. The number of likely N-dealkylation sites (tertiary alicyclic amines) is 1. The van der Waals surface area contributed by atoms with Gasteiger partial charge in [-0.05, 0) is 46.8 Å². The molecular weight excluding hydrogens is 446 g/mol. The summed E-state index contributed by atoms with van der Waals surface area (Å²) in [6.07, 6.45) is 1.72. The number of ketones is 1. The lowest BCUT2D eigenvalue weighted by atomic mass is 10.0. The van der Waals surface area contributed by atoms with E-state index in [0.717, 1.165) is 0 Å². The van der Waals surface area contributed by atoms with Gasteiger partial charge in [0.25, 0.3) is 0 Å². The molecule has 0 aliphatic carbocycles.